The largest absolute Gasteiger partial charge is 0.481 e. The molecule has 0 amide bonds. The highest BCUT2D eigenvalue weighted by Crippen LogP contribution is 2.49. The molecule has 1 saturated carbocycles. The molecule has 0 heterocycles. The molecule has 15 heavy (non-hydrogen) atoms. The van der Waals surface area contributed by atoms with Gasteiger partial charge in [0.1, 0.15) is 5.78 Å². The van der Waals surface area contributed by atoms with E-state index in [1.165, 1.54) is 0 Å². The minimum Gasteiger partial charge on any atom is -0.481 e. The molecule has 0 radical (unpaired) electrons. The monoisotopic (exact) mass is 214 g/mol. The second-order valence-electron chi connectivity index (χ2n) is 4.97. The van der Waals surface area contributed by atoms with E-state index in [9.17, 15) is 19.8 Å². The minimum absolute atomic E-state index is 0.126. The number of aliphatic hydroxyl groups excluding tert-OH is 1. The average molecular weight is 214 g/mol. The Hall–Kier alpha value is -0.900. The number of hydrogen-bond acceptors (Lipinski definition) is 3. The van der Waals surface area contributed by atoms with Crippen molar-refractivity contribution in [2.75, 3.05) is 6.61 Å². The molecule has 86 valence electrons. The van der Waals surface area contributed by atoms with Crippen molar-refractivity contribution in [3.63, 3.8) is 0 Å². The zero-order chi connectivity index (χ0) is 11.7. The van der Waals surface area contributed by atoms with Crippen LogP contribution in [0.3, 0.4) is 0 Å². The minimum atomic E-state index is -0.949. The lowest BCUT2D eigenvalue weighted by atomic mass is 9.58. The third-order valence-electron chi connectivity index (χ3n) is 3.76. The molecule has 0 saturated heterocycles. The van der Waals surface area contributed by atoms with Gasteiger partial charge in [-0.05, 0) is 12.8 Å². The highest BCUT2D eigenvalue weighted by atomic mass is 16.4. The summed E-state index contributed by atoms with van der Waals surface area (Å²) in [5.41, 5.74) is -1.63. The van der Waals surface area contributed by atoms with Crippen molar-refractivity contribution in [3.05, 3.63) is 0 Å². The fourth-order valence-corrected chi connectivity index (χ4v) is 2.29. The van der Waals surface area contributed by atoms with Gasteiger partial charge >= 0.3 is 5.97 Å². The van der Waals surface area contributed by atoms with E-state index >= 15 is 0 Å². The molecule has 0 bridgehead atoms. The van der Waals surface area contributed by atoms with Crippen molar-refractivity contribution in [1.29, 1.82) is 0 Å². The van der Waals surface area contributed by atoms with Crippen LogP contribution in [0.5, 0.6) is 0 Å². The normalized spacial score (nSPS) is 21.4. The van der Waals surface area contributed by atoms with Crippen molar-refractivity contribution in [1.82, 2.24) is 0 Å². The van der Waals surface area contributed by atoms with Crippen LogP contribution >= 0.6 is 0 Å². The van der Waals surface area contributed by atoms with Gasteiger partial charge in [-0.15, -0.1) is 0 Å². The summed E-state index contributed by atoms with van der Waals surface area (Å²) < 4.78 is 0. The summed E-state index contributed by atoms with van der Waals surface area (Å²) in [4.78, 5) is 22.5. The molecule has 1 aliphatic rings. The summed E-state index contributed by atoms with van der Waals surface area (Å²) in [5, 5.41) is 18.6. The molecule has 0 spiro atoms. The van der Waals surface area contributed by atoms with Gasteiger partial charge < -0.3 is 10.2 Å². The summed E-state index contributed by atoms with van der Waals surface area (Å²) in [5.74, 6) is -0.769. The number of carbonyl (C=O) groups excluding carboxylic acids is 1. The Labute approximate surface area is 89.3 Å². The highest BCUT2D eigenvalue weighted by Gasteiger charge is 2.52. The maximum absolute atomic E-state index is 11.4. The third kappa shape index (κ3) is 1.91. The highest BCUT2D eigenvalue weighted by molar-refractivity contribution is 5.84. The Kier molecular flexibility index (Phi) is 3.19. The van der Waals surface area contributed by atoms with E-state index in [1.54, 1.807) is 13.8 Å². The number of aliphatic hydroxyl groups is 1. The molecule has 0 aromatic heterocycles. The average Bonchev–Trinajstić information content (AvgIpc) is 2.18. The van der Waals surface area contributed by atoms with E-state index < -0.39 is 16.8 Å². The van der Waals surface area contributed by atoms with Gasteiger partial charge in [-0.25, -0.2) is 0 Å². The summed E-state index contributed by atoms with van der Waals surface area (Å²) in [6, 6.07) is 0. The standard InChI is InChI=1S/C11H18O4/c1-10(2,7-12)11(9(14)15)5-3-8(13)4-6-11/h12H,3-7H2,1-2H3,(H,14,15). The molecule has 0 aliphatic heterocycles. The predicted molar refractivity (Wildman–Crippen MR) is 54.4 cm³/mol. The smallest absolute Gasteiger partial charge is 0.310 e. The van der Waals surface area contributed by atoms with Gasteiger partial charge in [0.05, 0.1) is 5.41 Å². The van der Waals surface area contributed by atoms with Crippen molar-refractivity contribution < 1.29 is 19.8 Å². The molecule has 1 aliphatic carbocycles. The number of Topliss-reactive ketones (excluding diaryl/α,β-unsaturated/α-hetero) is 1. The number of carbonyl (C=O) groups is 2. The Morgan fingerprint density at radius 1 is 1.40 bits per heavy atom. The molecule has 4 heteroatoms. The van der Waals surface area contributed by atoms with Crippen molar-refractivity contribution in [2.24, 2.45) is 10.8 Å². The molecule has 0 unspecified atom stereocenters. The lowest BCUT2D eigenvalue weighted by molar-refractivity contribution is -0.164. The molecular weight excluding hydrogens is 196 g/mol. The van der Waals surface area contributed by atoms with Gasteiger partial charge in [0.15, 0.2) is 0 Å². The number of carboxylic acids is 1. The first-order valence-electron chi connectivity index (χ1n) is 5.22. The zero-order valence-electron chi connectivity index (χ0n) is 9.25. The molecule has 0 aromatic rings. The fraction of sp³-hybridized carbons (Fsp3) is 0.818. The van der Waals surface area contributed by atoms with E-state index in [0.29, 0.717) is 25.7 Å². The van der Waals surface area contributed by atoms with Crippen LogP contribution in [-0.2, 0) is 9.59 Å². The Balaban J connectivity index is 3.00. The molecule has 0 atom stereocenters. The zero-order valence-corrected chi connectivity index (χ0v) is 9.25. The van der Waals surface area contributed by atoms with Gasteiger partial charge in [0, 0.05) is 24.9 Å². The molecule has 0 aromatic carbocycles. The van der Waals surface area contributed by atoms with Crippen molar-refractivity contribution in [2.45, 2.75) is 39.5 Å². The first-order chi connectivity index (χ1) is 6.85. The van der Waals surface area contributed by atoms with E-state index in [0.717, 1.165) is 0 Å². The second kappa shape index (κ2) is 3.93. The molecule has 4 nitrogen and oxygen atoms in total. The quantitative estimate of drug-likeness (QED) is 0.740. The summed E-state index contributed by atoms with van der Waals surface area (Å²) in [7, 11) is 0. The maximum Gasteiger partial charge on any atom is 0.310 e. The van der Waals surface area contributed by atoms with Gasteiger partial charge in [0.2, 0.25) is 0 Å². The number of hydrogen-bond donors (Lipinski definition) is 2. The van der Waals surface area contributed by atoms with E-state index in [1.807, 2.05) is 0 Å². The van der Waals surface area contributed by atoms with Crippen molar-refractivity contribution >= 4 is 11.8 Å². The predicted octanol–water partition coefficient (Wildman–Crippen LogP) is 1.22. The Morgan fingerprint density at radius 3 is 2.20 bits per heavy atom. The van der Waals surface area contributed by atoms with E-state index in [-0.39, 0.29) is 12.4 Å². The summed E-state index contributed by atoms with van der Waals surface area (Å²) in [6.45, 7) is 3.32. The van der Waals surface area contributed by atoms with Gasteiger partial charge in [-0.2, -0.15) is 0 Å². The van der Waals surface area contributed by atoms with Crippen LogP contribution in [0.4, 0.5) is 0 Å². The van der Waals surface area contributed by atoms with Crippen LogP contribution in [0.2, 0.25) is 0 Å². The third-order valence-corrected chi connectivity index (χ3v) is 3.76. The fourth-order valence-electron chi connectivity index (χ4n) is 2.29. The first kappa shape index (κ1) is 12.2. The Bertz CT molecular complexity index is 270. The van der Waals surface area contributed by atoms with Gasteiger partial charge in [-0.1, -0.05) is 13.8 Å². The van der Waals surface area contributed by atoms with E-state index in [4.69, 9.17) is 0 Å². The molecular formula is C11H18O4. The summed E-state index contributed by atoms with van der Waals surface area (Å²) in [6.07, 6.45) is 1.31. The number of rotatable bonds is 3. The van der Waals surface area contributed by atoms with Crippen LogP contribution in [0.25, 0.3) is 0 Å². The molecule has 2 N–H and O–H groups in total. The van der Waals surface area contributed by atoms with Gasteiger partial charge in [-0.3, -0.25) is 9.59 Å². The SMILES string of the molecule is CC(C)(CO)C1(C(=O)O)CCC(=O)CC1. The van der Waals surface area contributed by atoms with Crippen molar-refractivity contribution in [3.8, 4) is 0 Å². The lowest BCUT2D eigenvalue weighted by Crippen LogP contribution is -2.49. The second-order valence-corrected chi connectivity index (χ2v) is 4.97. The lowest BCUT2D eigenvalue weighted by Gasteiger charge is -2.44. The van der Waals surface area contributed by atoms with Gasteiger partial charge in [0.25, 0.3) is 0 Å². The number of ketones is 1. The Morgan fingerprint density at radius 2 is 1.87 bits per heavy atom. The van der Waals surface area contributed by atoms with Crippen LogP contribution < -0.4 is 0 Å². The van der Waals surface area contributed by atoms with Crippen LogP contribution in [-0.4, -0.2) is 28.6 Å². The topological polar surface area (TPSA) is 74.6 Å². The van der Waals surface area contributed by atoms with Crippen LogP contribution in [0.15, 0.2) is 0 Å². The molecule has 1 rings (SSSR count). The summed E-state index contributed by atoms with van der Waals surface area (Å²) >= 11 is 0. The van der Waals surface area contributed by atoms with Crippen LogP contribution in [0.1, 0.15) is 39.5 Å². The van der Waals surface area contributed by atoms with E-state index in [2.05, 4.69) is 0 Å². The van der Waals surface area contributed by atoms with Crippen LogP contribution in [0, 0.1) is 10.8 Å². The number of carboxylic acid groups (broad SMARTS) is 1. The first-order valence-corrected chi connectivity index (χ1v) is 5.22. The maximum atomic E-state index is 11.4. The number of aliphatic carboxylic acids is 1. The molecule has 1 fully saturated rings.